The molecule has 3 saturated heterocycles. The van der Waals surface area contributed by atoms with E-state index in [1.807, 2.05) is 63.2 Å². The Kier molecular flexibility index (Phi) is 7.82. The monoisotopic (exact) mass is 601 g/mol. The van der Waals surface area contributed by atoms with Crippen LogP contribution in [-0.2, 0) is 14.4 Å². The number of likely N-dealkylation sites (tertiary alicyclic amines) is 1. The van der Waals surface area contributed by atoms with E-state index < -0.39 is 28.7 Å². The van der Waals surface area contributed by atoms with E-state index in [0.717, 1.165) is 23.6 Å². The molecule has 204 valence electrons. The van der Waals surface area contributed by atoms with Gasteiger partial charge in [0.05, 0.1) is 29.2 Å². The van der Waals surface area contributed by atoms with Gasteiger partial charge in [-0.25, -0.2) is 0 Å². The SMILES string of the molecule is CCCNC(=O)[C@H]1[C@H]2C(=O)N([C@@H](CO)[C@@H](C)CC)C(C(=O)Nc3ccc4ccccc4c3)C23CC(Br)[C@@H]1S3. The van der Waals surface area contributed by atoms with Crippen LogP contribution in [0.3, 0.4) is 0 Å². The molecule has 0 radical (unpaired) electrons. The molecule has 3 aliphatic rings. The molecule has 38 heavy (non-hydrogen) atoms. The zero-order valence-electron chi connectivity index (χ0n) is 22.0. The second-order valence-electron chi connectivity index (χ2n) is 10.9. The standard InChI is InChI=1S/C29H36BrN3O4S/c1-4-12-31-26(35)22-23-28(37)33(21(15-34)16(3)5-2)25(29(23)14-20(30)24(22)38-29)27(36)32-19-11-10-17-8-6-7-9-18(17)13-19/h6-11,13,16,20-25,34H,4-5,12,14-15H2,1-3H3,(H,31,35)(H,32,36)/t16-,20?,21-,22-,23-,24-,25?,29?/m0/s1. The molecule has 2 aromatic carbocycles. The van der Waals surface area contributed by atoms with Gasteiger partial charge in [0.15, 0.2) is 0 Å². The van der Waals surface area contributed by atoms with Crippen LogP contribution in [0.1, 0.15) is 40.0 Å². The third-order valence-electron chi connectivity index (χ3n) is 8.69. The molecule has 3 unspecified atom stereocenters. The number of rotatable bonds is 9. The molecule has 3 heterocycles. The van der Waals surface area contributed by atoms with E-state index in [2.05, 4.69) is 26.6 Å². The van der Waals surface area contributed by atoms with Gasteiger partial charge in [-0.1, -0.05) is 73.5 Å². The van der Waals surface area contributed by atoms with Gasteiger partial charge in [0.2, 0.25) is 17.7 Å². The first-order valence-corrected chi connectivity index (χ1v) is 15.4. The van der Waals surface area contributed by atoms with Crippen molar-refractivity contribution >= 4 is 61.9 Å². The molecule has 1 spiro atoms. The van der Waals surface area contributed by atoms with Crippen LogP contribution in [0.5, 0.6) is 0 Å². The van der Waals surface area contributed by atoms with E-state index in [9.17, 15) is 19.5 Å². The first-order chi connectivity index (χ1) is 18.3. The maximum atomic E-state index is 14.3. The average molecular weight is 603 g/mol. The molecule has 0 aromatic heterocycles. The van der Waals surface area contributed by atoms with Gasteiger partial charge in [0.1, 0.15) is 6.04 Å². The Hall–Kier alpha value is -2.10. The van der Waals surface area contributed by atoms with Crippen LogP contribution >= 0.6 is 27.7 Å². The molecule has 3 aliphatic heterocycles. The Morgan fingerprint density at radius 2 is 1.92 bits per heavy atom. The number of hydrogen-bond acceptors (Lipinski definition) is 5. The van der Waals surface area contributed by atoms with Gasteiger partial charge in [-0.2, -0.15) is 0 Å². The number of halogens is 1. The van der Waals surface area contributed by atoms with E-state index in [1.165, 1.54) is 0 Å². The van der Waals surface area contributed by atoms with Crippen LogP contribution in [0, 0.1) is 17.8 Å². The minimum Gasteiger partial charge on any atom is -0.394 e. The summed E-state index contributed by atoms with van der Waals surface area (Å²) in [5.74, 6) is -1.70. The van der Waals surface area contributed by atoms with E-state index in [-0.39, 0.29) is 40.3 Å². The number of anilines is 1. The summed E-state index contributed by atoms with van der Waals surface area (Å²) in [7, 11) is 0. The van der Waals surface area contributed by atoms with Crippen molar-refractivity contribution in [3.8, 4) is 0 Å². The third-order valence-corrected chi connectivity index (χ3v) is 11.9. The topological polar surface area (TPSA) is 98.7 Å². The van der Waals surface area contributed by atoms with E-state index in [1.54, 1.807) is 16.7 Å². The lowest BCUT2D eigenvalue weighted by Crippen LogP contribution is -2.56. The Morgan fingerprint density at radius 3 is 2.61 bits per heavy atom. The lowest BCUT2D eigenvalue weighted by Gasteiger charge is -2.39. The lowest BCUT2D eigenvalue weighted by molar-refractivity contribution is -0.143. The van der Waals surface area contributed by atoms with E-state index in [4.69, 9.17) is 0 Å². The summed E-state index contributed by atoms with van der Waals surface area (Å²) in [6, 6.07) is 12.4. The van der Waals surface area contributed by atoms with Crippen LogP contribution in [0.15, 0.2) is 42.5 Å². The first kappa shape index (κ1) is 27.5. The number of hydrogen-bond donors (Lipinski definition) is 3. The summed E-state index contributed by atoms with van der Waals surface area (Å²) in [6.45, 7) is 6.34. The van der Waals surface area contributed by atoms with E-state index in [0.29, 0.717) is 18.7 Å². The van der Waals surface area contributed by atoms with Crippen molar-refractivity contribution in [2.75, 3.05) is 18.5 Å². The minimum absolute atomic E-state index is 0.00974. The summed E-state index contributed by atoms with van der Waals surface area (Å²) in [5, 5.41) is 18.6. The third kappa shape index (κ3) is 4.34. The zero-order chi connectivity index (χ0) is 27.2. The molecule has 3 N–H and O–H groups in total. The summed E-state index contributed by atoms with van der Waals surface area (Å²) >= 11 is 5.42. The molecule has 0 saturated carbocycles. The molecule has 2 aromatic rings. The Balaban J connectivity index is 1.55. The average Bonchev–Trinajstić information content (AvgIpc) is 3.51. The van der Waals surface area contributed by atoms with Gasteiger partial charge in [0.25, 0.3) is 0 Å². The summed E-state index contributed by atoms with van der Waals surface area (Å²) in [4.78, 5) is 43.5. The van der Waals surface area contributed by atoms with Gasteiger partial charge in [0, 0.05) is 22.3 Å². The van der Waals surface area contributed by atoms with Crippen molar-refractivity contribution in [2.24, 2.45) is 17.8 Å². The highest BCUT2D eigenvalue weighted by Gasteiger charge is 2.76. The van der Waals surface area contributed by atoms with Gasteiger partial charge >= 0.3 is 0 Å². The quantitative estimate of drug-likeness (QED) is 0.375. The van der Waals surface area contributed by atoms with Crippen molar-refractivity contribution in [3.63, 3.8) is 0 Å². The Labute approximate surface area is 236 Å². The molecule has 3 amide bonds. The van der Waals surface area contributed by atoms with Crippen LogP contribution in [0.25, 0.3) is 10.8 Å². The van der Waals surface area contributed by atoms with Gasteiger partial charge in [-0.3, -0.25) is 14.4 Å². The number of carbonyl (C=O) groups is 3. The normalized spacial score (nSPS) is 31.3. The molecule has 9 heteroatoms. The zero-order valence-corrected chi connectivity index (χ0v) is 24.4. The second-order valence-corrected chi connectivity index (χ2v) is 13.6. The summed E-state index contributed by atoms with van der Waals surface area (Å²) < 4.78 is -0.744. The van der Waals surface area contributed by atoms with Crippen molar-refractivity contribution < 1.29 is 19.5 Å². The highest BCUT2D eigenvalue weighted by Crippen LogP contribution is 2.68. The number of aliphatic hydroxyl groups excluding tert-OH is 1. The number of nitrogens with one attached hydrogen (secondary N) is 2. The second kappa shape index (κ2) is 10.8. The van der Waals surface area contributed by atoms with Crippen molar-refractivity contribution in [2.45, 2.75) is 66.9 Å². The molecular weight excluding hydrogens is 566 g/mol. The maximum absolute atomic E-state index is 14.3. The molecule has 0 aliphatic carbocycles. The van der Waals surface area contributed by atoms with Crippen molar-refractivity contribution in [1.82, 2.24) is 10.2 Å². The highest BCUT2D eigenvalue weighted by molar-refractivity contribution is 9.09. The summed E-state index contributed by atoms with van der Waals surface area (Å²) in [5.41, 5.74) is 0.662. The number of fused-ring (bicyclic) bond motifs is 2. The first-order valence-electron chi connectivity index (χ1n) is 13.6. The number of benzene rings is 2. The molecular formula is C29H36BrN3O4S. The number of carbonyl (C=O) groups excluding carboxylic acids is 3. The van der Waals surface area contributed by atoms with Crippen LogP contribution < -0.4 is 10.6 Å². The predicted molar refractivity (Wildman–Crippen MR) is 155 cm³/mol. The fraction of sp³-hybridized carbons (Fsp3) is 0.552. The number of amides is 3. The number of alkyl halides is 1. The highest BCUT2D eigenvalue weighted by atomic mass is 79.9. The molecule has 7 nitrogen and oxygen atoms in total. The Morgan fingerprint density at radius 1 is 1.18 bits per heavy atom. The summed E-state index contributed by atoms with van der Waals surface area (Å²) in [6.07, 6.45) is 2.17. The van der Waals surface area contributed by atoms with Crippen LogP contribution in [0.2, 0.25) is 0 Å². The lowest BCUT2D eigenvalue weighted by atomic mass is 9.70. The maximum Gasteiger partial charge on any atom is 0.248 e. The van der Waals surface area contributed by atoms with Gasteiger partial charge < -0.3 is 20.6 Å². The van der Waals surface area contributed by atoms with Crippen LogP contribution in [0.4, 0.5) is 5.69 Å². The number of thioether (sulfide) groups is 1. The van der Waals surface area contributed by atoms with Gasteiger partial charge in [-0.05, 0) is 41.7 Å². The van der Waals surface area contributed by atoms with Crippen molar-refractivity contribution in [3.05, 3.63) is 42.5 Å². The molecule has 8 atom stereocenters. The minimum atomic E-state index is -0.795. The van der Waals surface area contributed by atoms with Gasteiger partial charge in [-0.15, -0.1) is 11.8 Å². The van der Waals surface area contributed by atoms with Crippen molar-refractivity contribution in [1.29, 1.82) is 0 Å². The van der Waals surface area contributed by atoms with E-state index >= 15 is 0 Å². The van der Waals surface area contributed by atoms with Crippen LogP contribution in [-0.4, -0.2) is 67.8 Å². The fourth-order valence-corrected chi connectivity index (χ4v) is 10.3. The molecule has 2 bridgehead atoms. The number of aliphatic hydroxyl groups is 1. The molecule has 5 rings (SSSR count). The Bertz CT molecular complexity index is 1240. The smallest absolute Gasteiger partial charge is 0.248 e. The number of nitrogens with zero attached hydrogens (tertiary/aromatic N) is 1. The largest absolute Gasteiger partial charge is 0.394 e. The molecule has 3 fully saturated rings. The fourth-order valence-electron chi connectivity index (χ4n) is 6.68. The predicted octanol–water partition coefficient (Wildman–Crippen LogP) is 4.18.